The lowest BCUT2D eigenvalue weighted by Gasteiger charge is -2.45. The first kappa shape index (κ1) is 32.6. The van der Waals surface area contributed by atoms with Crippen molar-refractivity contribution in [3.05, 3.63) is 29.8 Å². The van der Waals surface area contributed by atoms with E-state index in [0.29, 0.717) is 24.2 Å². The van der Waals surface area contributed by atoms with Crippen LogP contribution >= 0.6 is 11.8 Å². The van der Waals surface area contributed by atoms with E-state index in [1.807, 2.05) is 40.9 Å². The fraction of sp³-hybridized carbons (Fsp3) is 0.679. The van der Waals surface area contributed by atoms with Crippen molar-refractivity contribution in [1.29, 1.82) is 0 Å². The summed E-state index contributed by atoms with van der Waals surface area (Å²) in [6.45, 7) is 15.0. The summed E-state index contributed by atoms with van der Waals surface area (Å²) >= 11 is 1.56. The van der Waals surface area contributed by atoms with E-state index < -0.39 is 35.2 Å². The third kappa shape index (κ3) is 10.1. The molecular formula is C28H47N3O5S. The number of hydrogen-bond acceptors (Lipinski definition) is 6. The van der Waals surface area contributed by atoms with Crippen LogP contribution in [0.1, 0.15) is 92.7 Å². The summed E-state index contributed by atoms with van der Waals surface area (Å²) in [5, 5.41) is 16.6. The molecule has 0 aliphatic rings. The largest absolute Gasteiger partial charge is 0.508 e. The minimum atomic E-state index is -1.10. The zero-order valence-corrected chi connectivity index (χ0v) is 24.8. The van der Waals surface area contributed by atoms with Gasteiger partial charge in [0.05, 0.1) is 0 Å². The average Bonchev–Trinajstić information content (AvgIpc) is 2.79. The Kier molecular flexibility index (Phi) is 12.8. The summed E-state index contributed by atoms with van der Waals surface area (Å²) in [5.74, 6) is -0.235. The number of aromatic hydroxyl groups is 1. The monoisotopic (exact) mass is 537 g/mol. The number of carbonyl (C=O) groups is 3. The number of hydrogen-bond donors (Lipinski definition) is 3. The number of ether oxygens (including phenoxy) is 1. The number of alkyl carbamates (subject to hydrolysis) is 1. The van der Waals surface area contributed by atoms with E-state index in [4.69, 9.17) is 4.74 Å². The second-order valence-electron chi connectivity index (χ2n) is 11.0. The molecule has 0 aromatic heterocycles. The van der Waals surface area contributed by atoms with Crippen LogP contribution in [0.3, 0.4) is 0 Å². The van der Waals surface area contributed by atoms with Crippen LogP contribution in [0.25, 0.3) is 0 Å². The van der Waals surface area contributed by atoms with Crippen LogP contribution in [-0.2, 0) is 14.3 Å². The molecule has 0 saturated carbocycles. The molecule has 0 aliphatic carbocycles. The Hall–Kier alpha value is -2.42. The second-order valence-corrected chi connectivity index (χ2v) is 12.0. The number of carbonyl (C=O) groups excluding carboxylic acids is 3. The summed E-state index contributed by atoms with van der Waals surface area (Å²) in [6.07, 6.45) is 3.81. The molecule has 9 heteroatoms. The number of para-hydroxylation sites is 1. The lowest BCUT2D eigenvalue weighted by Crippen LogP contribution is -2.59. The number of benzene rings is 1. The van der Waals surface area contributed by atoms with E-state index in [9.17, 15) is 19.5 Å². The minimum Gasteiger partial charge on any atom is -0.508 e. The van der Waals surface area contributed by atoms with Gasteiger partial charge >= 0.3 is 6.09 Å². The van der Waals surface area contributed by atoms with Crippen molar-refractivity contribution in [1.82, 2.24) is 15.5 Å². The van der Waals surface area contributed by atoms with Crippen LogP contribution in [0, 0.1) is 0 Å². The van der Waals surface area contributed by atoms with Gasteiger partial charge in [0.15, 0.2) is 0 Å². The fourth-order valence-electron chi connectivity index (χ4n) is 4.00. The van der Waals surface area contributed by atoms with Gasteiger partial charge in [-0.2, -0.15) is 11.8 Å². The SMILES string of the molecule is CCCC(C)NC(=O)C(c1ccccc1O)N(C(=O)C(CCSC)NC(=O)OC(C)(C)C)C(C)(C)CC. The predicted octanol–water partition coefficient (Wildman–Crippen LogP) is 5.40. The number of phenols is 1. The van der Waals surface area contributed by atoms with Crippen LogP contribution in [0.4, 0.5) is 4.79 Å². The summed E-state index contributed by atoms with van der Waals surface area (Å²) in [5.41, 5.74) is -1.17. The molecule has 0 fully saturated rings. The van der Waals surface area contributed by atoms with Gasteiger partial charge in [0, 0.05) is 17.1 Å². The average molecular weight is 538 g/mol. The molecule has 3 unspecified atom stereocenters. The van der Waals surface area contributed by atoms with E-state index >= 15 is 0 Å². The Bertz CT molecular complexity index is 900. The molecule has 1 aromatic carbocycles. The Labute approximate surface area is 227 Å². The Morgan fingerprint density at radius 2 is 1.68 bits per heavy atom. The van der Waals surface area contributed by atoms with Gasteiger partial charge in [-0.15, -0.1) is 0 Å². The maximum atomic E-state index is 14.3. The summed E-state index contributed by atoms with van der Waals surface area (Å²) < 4.78 is 5.43. The number of amides is 3. The number of nitrogens with zero attached hydrogens (tertiary/aromatic N) is 1. The third-order valence-corrected chi connectivity index (χ3v) is 6.85. The number of thioether (sulfide) groups is 1. The molecule has 1 rings (SSSR count). The maximum absolute atomic E-state index is 14.3. The van der Waals surface area contributed by atoms with Gasteiger partial charge in [-0.3, -0.25) is 9.59 Å². The molecule has 0 heterocycles. The summed E-state index contributed by atoms with van der Waals surface area (Å²) in [6, 6.07) is 4.46. The first-order valence-electron chi connectivity index (χ1n) is 13.1. The molecule has 0 saturated heterocycles. The van der Waals surface area contributed by atoms with Crippen molar-refractivity contribution in [3.63, 3.8) is 0 Å². The van der Waals surface area contributed by atoms with Crippen LogP contribution in [0.2, 0.25) is 0 Å². The van der Waals surface area contributed by atoms with Gasteiger partial charge in [-0.05, 0) is 78.9 Å². The molecule has 0 spiro atoms. The second kappa shape index (κ2) is 14.5. The van der Waals surface area contributed by atoms with Crippen LogP contribution < -0.4 is 10.6 Å². The Balaban J connectivity index is 3.63. The van der Waals surface area contributed by atoms with Crippen molar-refractivity contribution >= 4 is 29.7 Å². The summed E-state index contributed by atoms with van der Waals surface area (Å²) in [7, 11) is 0. The highest BCUT2D eigenvalue weighted by atomic mass is 32.2. The van der Waals surface area contributed by atoms with Crippen molar-refractivity contribution in [2.75, 3.05) is 12.0 Å². The lowest BCUT2D eigenvalue weighted by molar-refractivity contribution is -0.149. The van der Waals surface area contributed by atoms with E-state index in [1.165, 1.54) is 11.0 Å². The molecule has 3 amide bonds. The lowest BCUT2D eigenvalue weighted by atomic mass is 9.91. The standard InChI is InChI=1S/C28H47N3O5S/c1-10-14-19(3)29-24(33)23(20-15-12-13-16-22(20)32)31(28(7,8)11-2)25(34)21(17-18-37-9)30-26(35)36-27(4,5)6/h12-13,15-16,19,21,23,32H,10-11,14,17-18H2,1-9H3,(H,29,33)(H,30,35). The van der Waals surface area contributed by atoms with E-state index in [1.54, 1.807) is 50.7 Å². The first-order chi connectivity index (χ1) is 17.2. The summed E-state index contributed by atoms with van der Waals surface area (Å²) in [4.78, 5) is 42.3. The molecule has 0 bridgehead atoms. The zero-order valence-electron chi connectivity index (χ0n) is 24.0. The highest BCUT2D eigenvalue weighted by Gasteiger charge is 2.44. The highest BCUT2D eigenvalue weighted by Crippen LogP contribution is 2.36. The number of nitrogens with one attached hydrogen (secondary N) is 2. The molecule has 3 N–H and O–H groups in total. The maximum Gasteiger partial charge on any atom is 0.408 e. The quantitative estimate of drug-likeness (QED) is 0.311. The van der Waals surface area contributed by atoms with Gasteiger partial charge in [-0.1, -0.05) is 38.5 Å². The zero-order chi connectivity index (χ0) is 28.4. The van der Waals surface area contributed by atoms with E-state index in [0.717, 1.165) is 12.8 Å². The van der Waals surface area contributed by atoms with Gasteiger partial charge in [-0.25, -0.2) is 4.79 Å². The molecule has 210 valence electrons. The first-order valence-corrected chi connectivity index (χ1v) is 14.5. The Morgan fingerprint density at radius 1 is 1.05 bits per heavy atom. The van der Waals surface area contributed by atoms with Gasteiger partial charge < -0.3 is 25.4 Å². The van der Waals surface area contributed by atoms with Gasteiger partial charge in [0.25, 0.3) is 0 Å². The molecule has 0 radical (unpaired) electrons. The number of rotatable bonds is 13. The normalized spacial score (nSPS) is 14.3. The predicted molar refractivity (Wildman–Crippen MR) is 151 cm³/mol. The van der Waals surface area contributed by atoms with Crippen molar-refractivity contribution < 1.29 is 24.2 Å². The molecule has 1 aromatic rings. The van der Waals surface area contributed by atoms with Crippen LogP contribution in [0.5, 0.6) is 5.75 Å². The fourth-order valence-corrected chi connectivity index (χ4v) is 4.47. The van der Waals surface area contributed by atoms with Crippen molar-refractivity contribution in [2.45, 2.75) is 110 Å². The Morgan fingerprint density at radius 3 is 2.19 bits per heavy atom. The van der Waals surface area contributed by atoms with Crippen LogP contribution in [-0.4, -0.2) is 63.1 Å². The molecule has 3 atom stereocenters. The molecular weight excluding hydrogens is 490 g/mol. The smallest absolute Gasteiger partial charge is 0.408 e. The molecule has 8 nitrogen and oxygen atoms in total. The number of phenolic OH excluding ortho intramolecular Hbond substituents is 1. The van der Waals surface area contributed by atoms with Crippen molar-refractivity contribution in [3.8, 4) is 5.75 Å². The molecule has 0 aliphatic heterocycles. The van der Waals surface area contributed by atoms with Crippen LogP contribution in [0.15, 0.2) is 24.3 Å². The van der Waals surface area contributed by atoms with Gasteiger partial charge in [0.2, 0.25) is 11.8 Å². The van der Waals surface area contributed by atoms with E-state index in [2.05, 4.69) is 10.6 Å². The minimum absolute atomic E-state index is 0.0729. The third-order valence-electron chi connectivity index (χ3n) is 6.20. The molecule has 37 heavy (non-hydrogen) atoms. The highest BCUT2D eigenvalue weighted by molar-refractivity contribution is 7.98. The van der Waals surface area contributed by atoms with Gasteiger partial charge in [0.1, 0.15) is 23.4 Å². The topological polar surface area (TPSA) is 108 Å². The van der Waals surface area contributed by atoms with Crippen molar-refractivity contribution in [2.24, 2.45) is 0 Å². The van der Waals surface area contributed by atoms with E-state index in [-0.39, 0.29) is 17.7 Å².